The first-order valence-corrected chi connectivity index (χ1v) is 12.0. The number of furan rings is 1. The maximum Gasteiger partial charge on any atom is 0.294 e. The molecule has 0 unspecified atom stereocenters. The number of nitrogens with zero attached hydrogens (tertiary/aromatic N) is 4. The van der Waals surface area contributed by atoms with Gasteiger partial charge in [-0.3, -0.25) is 0 Å². The van der Waals surface area contributed by atoms with E-state index in [4.69, 9.17) is 18.6 Å². The molecule has 8 nitrogen and oxygen atoms in total. The van der Waals surface area contributed by atoms with Crippen LogP contribution in [0.1, 0.15) is 4.88 Å². The number of aromatic nitrogens is 4. The quantitative estimate of drug-likeness (QED) is 0.274. The number of ether oxygens (including phenoxy) is 3. The van der Waals surface area contributed by atoms with Crippen LogP contribution < -0.4 is 14.2 Å². The van der Waals surface area contributed by atoms with E-state index in [0.717, 1.165) is 25.8 Å². The predicted octanol–water partition coefficient (Wildman–Crippen LogP) is 5.92. The molecule has 0 saturated heterocycles. The zero-order valence-electron chi connectivity index (χ0n) is 18.2. The van der Waals surface area contributed by atoms with Crippen LogP contribution in [0.5, 0.6) is 16.7 Å². The van der Waals surface area contributed by atoms with Crippen LogP contribution in [0.2, 0.25) is 0 Å². The summed E-state index contributed by atoms with van der Waals surface area (Å²) in [5, 5.41) is 6.68. The molecule has 0 fully saturated rings. The van der Waals surface area contributed by atoms with E-state index in [-0.39, 0.29) is 0 Å². The third-order valence-corrected chi connectivity index (χ3v) is 7.11. The molecular formula is C24H18N4O4S2. The highest BCUT2D eigenvalue weighted by molar-refractivity contribution is 7.18. The SMILES string of the molecule is COc1cc(OCc2cnc(-c3ccccc3)s2)c2cc(-c3cn4nc(OC)sc4n3)oc2c1. The van der Waals surface area contributed by atoms with E-state index in [1.807, 2.05) is 60.9 Å². The second-order valence-corrected chi connectivity index (χ2v) is 9.39. The van der Waals surface area contributed by atoms with Gasteiger partial charge >= 0.3 is 0 Å². The summed E-state index contributed by atoms with van der Waals surface area (Å²) in [4.78, 5) is 10.9. The first kappa shape index (κ1) is 20.7. The monoisotopic (exact) mass is 490 g/mol. The maximum absolute atomic E-state index is 6.20. The Labute approximate surface area is 202 Å². The highest BCUT2D eigenvalue weighted by Gasteiger charge is 2.17. The molecular weight excluding hydrogens is 472 g/mol. The summed E-state index contributed by atoms with van der Waals surface area (Å²) in [6, 6.07) is 15.7. The van der Waals surface area contributed by atoms with Crippen LogP contribution in [0.4, 0.5) is 0 Å². The summed E-state index contributed by atoms with van der Waals surface area (Å²) in [6.07, 6.45) is 3.66. The van der Waals surface area contributed by atoms with Crippen molar-refractivity contribution in [1.82, 2.24) is 19.6 Å². The summed E-state index contributed by atoms with van der Waals surface area (Å²) < 4.78 is 24.6. The summed E-state index contributed by atoms with van der Waals surface area (Å²) in [7, 11) is 3.20. The zero-order valence-corrected chi connectivity index (χ0v) is 19.9. The second-order valence-electron chi connectivity index (χ2n) is 7.36. The van der Waals surface area contributed by atoms with Gasteiger partial charge in [0.25, 0.3) is 5.19 Å². The fourth-order valence-corrected chi connectivity index (χ4v) is 5.10. The largest absolute Gasteiger partial charge is 0.496 e. The van der Waals surface area contributed by atoms with Crippen LogP contribution >= 0.6 is 22.7 Å². The van der Waals surface area contributed by atoms with Gasteiger partial charge in [0.1, 0.15) is 34.4 Å². The molecule has 2 aromatic carbocycles. The minimum absolute atomic E-state index is 0.386. The van der Waals surface area contributed by atoms with Crippen molar-refractivity contribution >= 4 is 38.6 Å². The van der Waals surface area contributed by atoms with Crippen molar-refractivity contribution in [2.45, 2.75) is 6.61 Å². The summed E-state index contributed by atoms with van der Waals surface area (Å²) in [5.74, 6) is 1.93. The van der Waals surface area contributed by atoms with E-state index in [1.54, 1.807) is 30.1 Å². The average Bonchev–Trinajstić information content (AvgIpc) is 3.65. The van der Waals surface area contributed by atoms with Crippen molar-refractivity contribution in [2.75, 3.05) is 14.2 Å². The number of rotatable bonds is 7. The number of thiazole rings is 1. The Morgan fingerprint density at radius 1 is 1.03 bits per heavy atom. The Morgan fingerprint density at radius 2 is 1.91 bits per heavy atom. The second kappa shape index (κ2) is 8.47. The normalized spacial score (nSPS) is 11.4. The summed E-state index contributed by atoms with van der Waals surface area (Å²) in [6.45, 7) is 0.386. The third-order valence-electron chi connectivity index (χ3n) is 5.20. The number of fused-ring (bicyclic) bond motifs is 2. The number of imidazole rings is 1. The van der Waals surface area contributed by atoms with Gasteiger partial charge in [-0.05, 0) is 17.4 Å². The Morgan fingerprint density at radius 3 is 2.71 bits per heavy atom. The Hall–Kier alpha value is -3.89. The number of benzene rings is 2. The van der Waals surface area contributed by atoms with Gasteiger partial charge in [0.05, 0.1) is 30.7 Å². The van der Waals surface area contributed by atoms with Gasteiger partial charge in [0, 0.05) is 23.9 Å². The van der Waals surface area contributed by atoms with Crippen LogP contribution in [0.15, 0.2) is 65.3 Å². The molecule has 6 aromatic rings. The van der Waals surface area contributed by atoms with Crippen LogP contribution in [-0.4, -0.2) is 33.8 Å². The molecule has 0 amide bonds. The van der Waals surface area contributed by atoms with Gasteiger partial charge in [-0.25, -0.2) is 14.5 Å². The lowest BCUT2D eigenvalue weighted by molar-refractivity contribution is 0.310. The molecule has 34 heavy (non-hydrogen) atoms. The fourth-order valence-electron chi connectivity index (χ4n) is 3.57. The number of hydrogen-bond donors (Lipinski definition) is 0. The average molecular weight is 491 g/mol. The molecule has 0 bridgehead atoms. The lowest BCUT2D eigenvalue weighted by atomic mass is 10.2. The van der Waals surface area contributed by atoms with Crippen LogP contribution in [0.3, 0.4) is 0 Å². The van der Waals surface area contributed by atoms with Gasteiger partial charge in [-0.2, -0.15) is 0 Å². The van der Waals surface area contributed by atoms with Crippen molar-refractivity contribution in [3.63, 3.8) is 0 Å². The van der Waals surface area contributed by atoms with E-state index in [2.05, 4.69) is 15.1 Å². The summed E-state index contributed by atoms with van der Waals surface area (Å²) in [5.41, 5.74) is 2.42. The molecule has 0 aliphatic heterocycles. The molecule has 0 atom stereocenters. The van der Waals surface area contributed by atoms with E-state index in [1.165, 1.54) is 11.3 Å². The van der Waals surface area contributed by atoms with Crippen molar-refractivity contribution < 1.29 is 18.6 Å². The lowest BCUT2D eigenvalue weighted by Gasteiger charge is -2.07. The zero-order chi connectivity index (χ0) is 23.1. The van der Waals surface area contributed by atoms with Crippen molar-refractivity contribution in [1.29, 1.82) is 0 Å². The molecule has 0 radical (unpaired) electrons. The minimum Gasteiger partial charge on any atom is -0.496 e. The van der Waals surface area contributed by atoms with Crippen LogP contribution in [-0.2, 0) is 6.61 Å². The fraction of sp³-hybridized carbons (Fsp3) is 0.125. The third kappa shape index (κ3) is 3.76. The Bertz CT molecular complexity index is 1570. The number of hydrogen-bond acceptors (Lipinski definition) is 9. The molecule has 0 spiro atoms. The summed E-state index contributed by atoms with van der Waals surface area (Å²) >= 11 is 2.97. The highest BCUT2D eigenvalue weighted by Crippen LogP contribution is 2.38. The highest BCUT2D eigenvalue weighted by atomic mass is 32.1. The molecule has 10 heteroatoms. The smallest absolute Gasteiger partial charge is 0.294 e. The standard InChI is InChI=1S/C24H18N4O4S2/c1-29-15-8-19(31-13-16-11-25-22(33-16)14-6-4-3-5-7-14)17-10-21(32-20(17)9-15)18-12-28-23(26-18)34-24(27-28)30-2/h3-12H,13H2,1-2H3. The van der Waals surface area contributed by atoms with Gasteiger partial charge in [0.2, 0.25) is 4.96 Å². The van der Waals surface area contributed by atoms with E-state index >= 15 is 0 Å². The molecule has 0 saturated carbocycles. The minimum atomic E-state index is 0.386. The van der Waals surface area contributed by atoms with Gasteiger partial charge < -0.3 is 18.6 Å². The molecule has 0 aliphatic carbocycles. The maximum atomic E-state index is 6.20. The molecule has 4 aromatic heterocycles. The molecule has 170 valence electrons. The number of methoxy groups -OCH3 is 2. The van der Waals surface area contributed by atoms with Crippen molar-refractivity contribution in [3.05, 3.63) is 65.8 Å². The molecule has 4 heterocycles. The molecule has 6 rings (SSSR count). The Kier molecular flexibility index (Phi) is 5.16. The van der Waals surface area contributed by atoms with Crippen LogP contribution in [0, 0.1) is 0 Å². The van der Waals surface area contributed by atoms with E-state index in [9.17, 15) is 0 Å². The van der Waals surface area contributed by atoms with Crippen molar-refractivity contribution in [3.8, 4) is 38.7 Å². The first-order chi connectivity index (χ1) is 16.7. The van der Waals surface area contributed by atoms with E-state index in [0.29, 0.717) is 40.3 Å². The van der Waals surface area contributed by atoms with E-state index < -0.39 is 0 Å². The van der Waals surface area contributed by atoms with Crippen LogP contribution in [0.25, 0.3) is 38.0 Å². The lowest BCUT2D eigenvalue weighted by Crippen LogP contribution is -1.94. The van der Waals surface area contributed by atoms with Crippen molar-refractivity contribution in [2.24, 2.45) is 0 Å². The molecule has 0 N–H and O–H groups in total. The topological polar surface area (TPSA) is 83.9 Å². The van der Waals surface area contributed by atoms with Gasteiger partial charge in [-0.15, -0.1) is 16.4 Å². The first-order valence-electron chi connectivity index (χ1n) is 10.4. The Balaban J connectivity index is 1.30. The predicted molar refractivity (Wildman–Crippen MR) is 131 cm³/mol. The molecule has 0 aliphatic rings. The van der Waals surface area contributed by atoms with Gasteiger partial charge in [-0.1, -0.05) is 30.3 Å². The van der Waals surface area contributed by atoms with Gasteiger partial charge in [0.15, 0.2) is 5.76 Å².